The highest BCUT2D eigenvalue weighted by Gasteiger charge is 2.27. The zero-order valence-electron chi connectivity index (χ0n) is 17.0. The molecule has 0 radical (unpaired) electrons. The van der Waals surface area contributed by atoms with Gasteiger partial charge in [-0.1, -0.05) is 25.2 Å². The number of aromatic amines is 1. The Morgan fingerprint density at radius 1 is 1.33 bits per heavy atom. The molecule has 8 heteroatoms. The third-order valence-corrected chi connectivity index (χ3v) is 5.75. The normalized spacial score (nSPS) is 17.1. The molecule has 6 N–H and O–H groups in total. The SMILES string of the molecule is CNCC#Cc1[nH]c2cc(NC(=O)[C@H](N)C3CCCCC3)cc3c2c1C=NNC3=O. The summed E-state index contributed by atoms with van der Waals surface area (Å²) in [6, 6.07) is 2.92. The van der Waals surface area contributed by atoms with Crippen molar-refractivity contribution in [1.82, 2.24) is 15.7 Å². The van der Waals surface area contributed by atoms with Crippen LogP contribution in [0, 0.1) is 17.8 Å². The van der Waals surface area contributed by atoms with E-state index in [1.807, 2.05) is 13.1 Å². The average molecular weight is 406 g/mol. The molecular weight excluding hydrogens is 380 g/mol. The third-order valence-electron chi connectivity index (χ3n) is 5.75. The van der Waals surface area contributed by atoms with Gasteiger partial charge in [0, 0.05) is 22.2 Å². The van der Waals surface area contributed by atoms with Crippen molar-refractivity contribution in [3.05, 3.63) is 29.0 Å². The number of carbonyl (C=O) groups is 2. The molecule has 2 amide bonds. The summed E-state index contributed by atoms with van der Waals surface area (Å²) in [7, 11) is 1.82. The van der Waals surface area contributed by atoms with Gasteiger partial charge in [0.1, 0.15) is 0 Å². The van der Waals surface area contributed by atoms with E-state index in [1.54, 1.807) is 12.3 Å². The van der Waals surface area contributed by atoms with Crippen LogP contribution in [0.3, 0.4) is 0 Å². The molecule has 8 nitrogen and oxygen atoms in total. The molecule has 2 aromatic rings. The molecule has 1 aliphatic carbocycles. The summed E-state index contributed by atoms with van der Waals surface area (Å²) in [5.41, 5.74) is 11.8. The van der Waals surface area contributed by atoms with Gasteiger partial charge in [-0.2, -0.15) is 5.10 Å². The van der Waals surface area contributed by atoms with Gasteiger partial charge in [-0.25, -0.2) is 5.43 Å². The fourth-order valence-corrected chi connectivity index (χ4v) is 4.21. The van der Waals surface area contributed by atoms with Crippen molar-refractivity contribution >= 4 is 34.6 Å². The van der Waals surface area contributed by atoms with E-state index < -0.39 is 6.04 Å². The number of nitrogens with two attached hydrogens (primary N) is 1. The molecule has 156 valence electrons. The van der Waals surface area contributed by atoms with Crippen molar-refractivity contribution in [2.24, 2.45) is 16.8 Å². The summed E-state index contributed by atoms with van der Waals surface area (Å²) in [5.74, 6) is 5.73. The Kier molecular flexibility index (Phi) is 5.84. The van der Waals surface area contributed by atoms with Crippen molar-refractivity contribution in [3.63, 3.8) is 0 Å². The van der Waals surface area contributed by atoms with Crippen LogP contribution in [0.4, 0.5) is 5.69 Å². The summed E-state index contributed by atoms with van der Waals surface area (Å²) in [5, 5.41) is 10.6. The lowest BCUT2D eigenvalue weighted by atomic mass is 9.84. The monoisotopic (exact) mass is 406 g/mol. The fourth-order valence-electron chi connectivity index (χ4n) is 4.21. The molecular formula is C22H26N6O2. The number of hydrogen-bond acceptors (Lipinski definition) is 5. The molecule has 0 bridgehead atoms. The van der Waals surface area contributed by atoms with E-state index in [0.717, 1.165) is 36.6 Å². The third kappa shape index (κ3) is 3.95. The molecule has 4 rings (SSSR count). The molecule has 1 fully saturated rings. The number of H-pyrrole nitrogens is 1. The lowest BCUT2D eigenvalue weighted by Gasteiger charge is -2.26. The van der Waals surface area contributed by atoms with Crippen LogP contribution in [-0.2, 0) is 4.79 Å². The number of hydrogen-bond donors (Lipinski definition) is 5. The summed E-state index contributed by atoms with van der Waals surface area (Å²) in [6.45, 7) is 0.538. The van der Waals surface area contributed by atoms with Crippen LogP contribution in [0.5, 0.6) is 0 Å². The van der Waals surface area contributed by atoms with E-state index in [9.17, 15) is 9.59 Å². The van der Waals surface area contributed by atoms with Crippen LogP contribution in [0.25, 0.3) is 10.9 Å². The molecule has 1 saturated carbocycles. The Bertz CT molecular complexity index is 1070. The van der Waals surface area contributed by atoms with E-state index >= 15 is 0 Å². The first kappa shape index (κ1) is 20.1. The van der Waals surface area contributed by atoms with Gasteiger partial charge >= 0.3 is 0 Å². The minimum absolute atomic E-state index is 0.201. The standard InChI is InChI=1S/C22H26N6O2/c1-24-9-5-8-17-16-12-25-28-21(29)15-10-14(11-18(27-17)19(15)16)26-22(30)20(23)13-6-3-2-4-7-13/h10-13,20,24,27H,2-4,6-7,9,23H2,1H3,(H,26,30)(H,28,29)/t20-/m1/s1. The molecule has 1 aromatic carbocycles. The van der Waals surface area contributed by atoms with E-state index in [1.165, 1.54) is 6.42 Å². The van der Waals surface area contributed by atoms with Gasteiger partial charge in [-0.05, 0) is 43.9 Å². The Hall–Kier alpha value is -3.15. The highest BCUT2D eigenvalue weighted by Crippen LogP contribution is 2.30. The largest absolute Gasteiger partial charge is 0.347 e. The van der Waals surface area contributed by atoms with Crippen LogP contribution >= 0.6 is 0 Å². The topological polar surface area (TPSA) is 124 Å². The zero-order chi connectivity index (χ0) is 21.1. The molecule has 2 heterocycles. The first-order chi connectivity index (χ1) is 14.6. The molecule has 0 spiro atoms. The predicted molar refractivity (Wildman–Crippen MR) is 117 cm³/mol. The van der Waals surface area contributed by atoms with Crippen molar-refractivity contribution in [3.8, 4) is 11.8 Å². The number of benzene rings is 1. The van der Waals surface area contributed by atoms with Gasteiger partial charge in [-0.3, -0.25) is 9.59 Å². The molecule has 2 aliphatic rings. The number of carbonyl (C=O) groups excluding carboxylic acids is 2. The van der Waals surface area contributed by atoms with E-state index in [-0.39, 0.29) is 17.7 Å². The van der Waals surface area contributed by atoms with Gasteiger partial charge in [0.05, 0.1) is 30.1 Å². The van der Waals surface area contributed by atoms with E-state index in [2.05, 4.69) is 38.0 Å². The summed E-state index contributed by atoms with van der Waals surface area (Å²) in [4.78, 5) is 28.6. The first-order valence-electron chi connectivity index (χ1n) is 10.3. The minimum atomic E-state index is -0.556. The van der Waals surface area contributed by atoms with E-state index in [4.69, 9.17) is 5.73 Å². The number of amides is 2. The van der Waals surface area contributed by atoms with Gasteiger partial charge in [0.15, 0.2) is 0 Å². The van der Waals surface area contributed by atoms with E-state index in [0.29, 0.717) is 29.0 Å². The summed E-state index contributed by atoms with van der Waals surface area (Å²) >= 11 is 0. The van der Waals surface area contributed by atoms with Crippen LogP contribution in [0.2, 0.25) is 0 Å². The maximum Gasteiger partial charge on any atom is 0.272 e. The number of aromatic nitrogens is 1. The number of anilines is 1. The lowest BCUT2D eigenvalue weighted by molar-refractivity contribution is -0.118. The van der Waals surface area contributed by atoms with Crippen LogP contribution in [0.1, 0.15) is 53.7 Å². The molecule has 1 atom stereocenters. The fraction of sp³-hybridized carbons (Fsp3) is 0.409. The second-order valence-corrected chi connectivity index (χ2v) is 7.80. The molecule has 30 heavy (non-hydrogen) atoms. The van der Waals surface area contributed by atoms with Crippen LogP contribution < -0.4 is 21.8 Å². The molecule has 0 saturated heterocycles. The van der Waals surface area contributed by atoms with Crippen molar-refractivity contribution in [1.29, 1.82) is 0 Å². The predicted octanol–water partition coefficient (Wildman–Crippen LogP) is 1.66. The highest BCUT2D eigenvalue weighted by atomic mass is 16.2. The molecule has 1 aliphatic heterocycles. The Morgan fingerprint density at radius 2 is 2.13 bits per heavy atom. The van der Waals surface area contributed by atoms with Crippen LogP contribution in [0.15, 0.2) is 17.2 Å². The number of nitrogens with one attached hydrogen (secondary N) is 4. The second kappa shape index (κ2) is 8.69. The average Bonchev–Trinajstić information content (AvgIpc) is 3.00. The molecule has 1 aromatic heterocycles. The maximum absolute atomic E-state index is 12.8. The van der Waals surface area contributed by atoms with Crippen LogP contribution in [-0.4, -0.2) is 42.6 Å². The Labute approximate surface area is 175 Å². The minimum Gasteiger partial charge on any atom is -0.347 e. The second-order valence-electron chi connectivity index (χ2n) is 7.80. The van der Waals surface area contributed by atoms with Crippen molar-refractivity contribution in [2.75, 3.05) is 18.9 Å². The maximum atomic E-state index is 12.8. The van der Waals surface area contributed by atoms with Gasteiger partial charge in [-0.15, -0.1) is 0 Å². The Morgan fingerprint density at radius 3 is 2.90 bits per heavy atom. The van der Waals surface area contributed by atoms with Gasteiger partial charge < -0.3 is 21.4 Å². The van der Waals surface area contributed by atoms with Gasteiger partial charge in [0.2, 0.25) is 5.91 Å². The quantitative estimate of drug-likeness (QED) is 0.495. The summed E-state index contributed by atoms with van der Waals surface area (Å²) < 4.78 is 0. The zero-order valence-corrected chi connectivity index (χ0v) is 17.0. The number of nitrogens with zero attached hydrogens (tertiary/aromatic N) is 1. The Balaban J connectivity index is 1.67. The van der Waals surface area contributed by atoms with Crippen molar-refractivity contribution < 1.29 is 9.59 Å². The van der Waals surface area contributed by atoms with Gasteiger partial charge in [0.25, 0.3) is 5.91 Å². The molecule has 0 unspecified atom stereocenters. The highest BCUT2D eigenvalue weighted by molar-refractivity contribution is 6.16. The first-order valence-corrected chi connectivity index (χ1v) is 10.3. The lowest BCUT2D eigenvalue weighted by Crippen LogP contribution is -2.42. The smallest absolute Gasteiger partial charge is 0.272 e. The number of rotatable bonds is 4. The number of hydrazone groups is 1. The van der Waals surface area contributed by atoms with Crippen molar-refractivity contribution in [2.45, 2.75) is 38.1 Å². The summed E-state index contributed by atoms with van der Waals surface area (Å²) in [6.07, 6.45) is 6.99.